The molecule has 1 unspecified atom stereocenters. The number of anilines is 1. The normalized spacial score (nSPS) is 17.8. The van der Waals surface area contributed by atoms with Crippen molar-refractivity contribution in [3.8, 4) is 11.5 Å². The van der Waals surface area contributed by atoms with Gasteiger partial charge in [0.1, 0.15) is 29.5 Å². The van der Waals surface area contributed by atoms with Gasteiger partial charge in [0.25, 0.3) is 0 Å². The number of pyridine rings is 1. The minimum Gasteiger partial charge on any atom is -0.491 e. The topological polar surface area (TPSA) is 52.6 Å². The lowest BCUT2D eigenvalue weighted by molar-refractivity contribution is 0.0581. The van der Waals surface area contributed by atoms with Crippen LogP contribution in [-0.2, 0) is 11.2 Å². The summed E-state index contributed by atoms with van der Waals surface area (Å²) in [5.74, 6) is 2.98. The van der Waals surface area contributed by atoms with Gasteiger partial charge in [0.05, 0.1) is 6.61 Å². The fourth-order valence-electron chi connectivity index (χ4n) is 4.41. The van der Waals surface area contributed by atoms with E-state index in [9.17, 15) is 0 Å². The molecule has 5 heteroatoms. The first-order valence-corrected chi connectivity index (χ1v) is 11.5. The highest BCUT2D eigenvalue weighted by Gasteiger charge is 2.34. The highest BCUT2D eigenvalue weighted by atomic mass is 16.5. The molecule has 0 fully saturated rings. The predicted octanol–water partition coefficient (Wildman–Crippen LogP) is 5.62. The van der Waals surface area contributed by atoms with Crippen molar-refractivity contribution in [1.29, 1.82) is 0 Å². The summed E-state index contributed by atoms with van der Waals surface area (Å²) in [6, 6.07) is 4.19. The Labute approximate surface area is 187 Å². The molecule has 0 saturated carbocycles. The Balaban J connectivity index is 1.70. The number of aromatic nitrogens is 1. The second-order valence-corrected chi connectivity index (χ2v) is 8.96. The smallest absolute Gasteiger partial charge is 0.127 e. The van der Waals surface area contributed by atoms with Crippen LogP contribution in [0.15, 0.2) is 12.1 Å². The molecular formula is C26H38N2O3. The summed E-state index contributed by atoms with van der Waals surface area (Å²) in [7, 11) is 0. The van der Waals surface area contributed by atoms with Gasteiger partial charge in [0.15, 0.2) is 0 Å². The molecule has 0 aliphatic carbocycles. The van der Waals surface area contributed by atoms with E-state index in [4.69, 9.17) is 14.2 Å². The number of fused-ring (bicyclic) bond motifs is 1. The Morgan fingerprint density at radius 2 is 1.84 bits per heavy atom. The minimum atomic E-state index is -0.195. The zero-order chi connectivity index (χ0) is 22.6. The highest BCUT2D eigenvalue weighted by Crippen LogP contribution is 2.44. The van der Waals surface area contributed by atoms with Gasteiger partial charge < -0.3 is 19.5 Å². The quantitative estimate of drug-likeness (QED) is 0.527. The molecular weight excluding hydrogens is 388 g/mol. The second-order valence-electron chi connectivity index (χ2n) is 8.96. The van der Waals surface area contributed by atoms with Crippen LogP contribution in [0.5, 0.6) is 11.5 Å². The number of ether oxygens (including phenoxy) is 3. The second kappa shape index (κ2) is 9.90. The first-order chi connectivity index (χ1) is 14.7. The van der Waals surface area contributed by atoms with Gasteiger partial charge in [0, 0.05) is 30.8 Å². The molecule has 1 aliphatic heterocycles. The van der Waals surface area contributed by atoms with Gasteiger partial charge in [-0.3, -0.25) is 0 Å². The summed E-state index contributed by atoms with van der Waals surface area (Å²) in [4.78, 5) is 4.58. The number of aryl methyl sites for hydroxylation is 2. The lowest BCUT2D eigenvalue weighted by Gasteiger charge is -2.38. The van der Waals surface area contributed by atoms with Crippen LogP contribution in [0, 0.1) is 34.6 Å². The van der Waals surface area contributed by atoms with Crippen LogP contribution in [0.3, 0.4) is 0 Å². The molecule has 1 aliphatic rings. The molecule has 3 rings (SSSR count). The standard InChI is InChI=1S/C26H38N2O3/c1-8-29-13-14-30-24-19(4)20(5)25-22(21(24)6)9-10-26(7,31-25)11-12-27-23-16-17(2)15-18(3)28-23/h15-16H,8-14H2,1-7H3,(H,27,28). The van der Waals surface area contributed by atoms with Gasteiger partial charge in [-0.1, -0.05) is 0 Å². The zero-order valence-electron chi connectivity index (χ0n) is 20.3. The molecule has 0 radical (unpaired) electrons. The molecule has 5 nitrogen and oxygen atoms in total. The molecule has 2 heterocycles. The molecule has 1 N–H and O–H groups in total. The molecule has 1 aromatic heterocycles. The Bertz CT molecular complexity index is 905. The molecule has 2 aromatic rings. The van der Waals surface area contributed by atoms with Crippen LogP contribution in [0.4, 0.5) is 5.82 Å². The summed E-state index contributed by atoms with van der Waals surface area (Å²) in [6.07, 6.45) is 2.91. The van der Waals surface area contributed by atoms with Crippen LogP contribution >= 0.6 is 0 Å². The fourth-order valence-corrected chi connectivity index (χ4v) is 4.41. The van der Waals surface area contributed by atoms with Crippen molar-refractivity contribution in [2.75, 3.05) is 31.7 Å². The van der Waals surface area contributed by atoms with Gasteiger partial charge in [-0.25, -0.2) is 4.98 Å². The van der Waals surface area contributed by atoms with Crippen molar-refractivity contribution in [3.63, 3.8) is 0 Å². The first-order valence-electron chi connectivity index (χ1n) is 11.5. The van der Waals surface area contributed by atoms with Gasteiger partial charge in [-0.2, -0.15) is 0 Å². The summed E-state index contributed by atoms with van der Waals surface area (Å²) < 4.78 is 18.2. The van der Waals surface area contributed by atoms with E-state index in [0.717, 1.165) is 54.4 Å². The third kappa shape index (κ3) is 5.51. The number of nitrogens with one attached hydrogen (secondary N) is 1. The third-order valence-corrected chi connectivity index (χ3v) is 6.30. The zero-order valence-corrected chi connectivity index (χ0v) is 20.3. The first kappa shape index (κ1) is 23.4. The SMILES string of the molecule is CCOCCOc1c(C)c(C)c2c(c1C)CCC(C)(CCNc1cc(C)cc(C)n1)O2. The van der Waals surface area contributed by atoms with E-state index >= 15 is 0 Å². The minimum absolute atomic E-state index is 0.195. The van der Waals surface area contributed by atoms with Crippen LogP contribution in [0.25, 0.3) is 0 Å². The maximum Gasteiger partial charge on any atom is 0.127 e. The number of hydrogen-bond acceptors (Lipinski definition) is 5. The number of rotatable bonds is 9. The predicted molar refractivity (Wildman–Crippen MR) is 127 cm³/mol. The average Bonchev–Trinajstić information content (AvgIpc) is 2.71. The summed E-state index contributed by atoms with van der Waals surface area (Å²) >= 11 is 0. The monoisotopic (exact) mass is 426 g/mol. The van der Waals surface area contributed by atoms with E-state index in [1.54, 1.807) is 0 Å². The molecule has 0 spiro atoms. The maximum absolute atomic E-state index is 6.65. The van der Waals surface area contributed by atoms with Crippen LogP contribution < -0.4 is 14.8 Å². The molecule has 0 bridgehead atoms. The lowest BCUT2D eigenvalue weighted by Crippen LogP contribution is -2.39. The fraction of sp³-hybridized carbons (Fsp3) is 0.577. The third-order valence-electron chi connectivity index (χ3n) is 6.30. The van der Waals surface area contributed by atoms with E-state index in [0.29, 0.717) is 19.8 Å². The van der Waals surface area contributed by atoms with E-state index < -0.39 is 0 Å². The molecule has 1 aromatic carbocycles. The highest BCUT2D eigenvalue weighted by molar-refractivity contribution is 5.59. The maximum atomic E-state index is 6.65. The van der Waals surface area contributed by atoms with E-state index in [1.807, 2.05) is 13.8 Å². The van der Waals surface area contributed by atoms with Crippen molar-refractivity contribution in [2.45, 2.75) is 73.3 Å². The summed E-state index contributed by atoms with van der Waals surface area (Å²) in [5, 5.41) is 3.48. The van der Waals surface area contributed by atoms with Crippen LogP contribution in [0.2, 0.25) is 0 Å². The number of hydrogen-bond donors (Lipinski definition) is 1. The van der Waals surface area contributed by atoms with E-state index in [-0.39, 0.29) is 5.60 Å². The molecule has 0 amide bonds. The van der Waals surface area contributed by atoms with Crippen molar-refractivity contribution in [2.24, 2.45) is 0 Å². The summed E-state index contributed by atoms with van der Waals surface area (Å²) in [6.45, 7) is 17.5. The Hall–Kier alpha value is -2.27. The average molecular weight is 427 g/mol. The van der Waals surface area contributed by atoms with Crippen molar-refractivity contribution in [3.05, 3.63) is 45.6 Å². The Morgan fingerprint density at radius 1 is 1.06 bits per heavy atom. The Kier molecular flexibility index (Phi) is 7.47. The van der Waals surface area contributed by atoms with Gasteiger partial charge in [-0.05, 0) is 95.7 Å². The van der Waals surface area contributed by atoms with Crippen molar-refractivity contribution < 1.29 is 14.2 Å². The number of nitrogens with zero attached hydrogens (tertiary/aromatic N) is 1. The van der Waals surface area contributed by atoms with Crippen molar-refractivity contribution in [1.82, 2.24) is 4.98 Å². The molecule has 0 saturated heterocycles. The van der Waals surface area contributed by atoms with E-state index in [2.05, 4.69) is 57.1 Å². The van der Waals surface area contributed by atoms with Gasteiger partial charge in [0.2, 0.25) is 0 Å². The van der Waals surface area contributed by atoms with Crippen LogP contribution in [0.1, 0.15) is 60.2 Å². The lowest BCUT2D eigenvalue weighted by atomic mass is 9.85. The van der Waals surface area contributed by atoms with E-state index in [1.165, 1.54) is 22.3 Å². The van der Waals surface area contributed by atoms with Gasteiger partial charge >= 0.3 is 0 Å². The largest absolute Gasteiger partial charge is 0.491 e. The summed E-state index contributed by atoms with van der Waals surface area (Å²) in [5.41, 5.74) is 6.91. The molecule has 1 atom stereocenters. The van der Waals surface area contributed by atoms with Crippen molar-refractivity contribution >= 4 is 5.82 Å². The van der Waals surface area contributed by atoms with Gasteiger partial charge in [-0.15, -0.1) is 0 Å². The molecule has 31 heavy (non-hydrogen) atoms. The Morgan fingerprint density at radius 3 is 2.55 bits per heavy atom. The van der Waals surface area contributed by atoms with Crippen LogP contribution in [-0.4, -0.2) is 37.0 Å². The molecule has 170 valence electrons. The number of benzene rings is 1.